The van der Waals surface area contributed by atoms with Gasteiger partial charge < -0.3 is 9.73 Å². The number of rotatable bonds is 3. The van der Waals surface area contributed by atoms with E-state index in [2.05, 4.69) is 11.9 Å². The zero-order valence-corrected chi connectivity index (χ0v) is 7.06. The Labute approximate surface area is 70.8 Å². The molecule has 0 spiro atoms. The van der Waals surface area contributed by atoms with E-state index in [1.54, 1.807) is 12.3 Å². The van der Waals surface area contributed by atoms with Gasteiger partial charge in [-0.2, -0.15) is 0 Å². The SMILES string of the molecule is C=CC(NC)c1ccoc1Cl. The molecule has 1 N–H and O–H groups in total. The fourth-order valence-electron chi connectivity index (χ4n) is 0.927. The fourth-order valence-corrected chi connectivity index (χ4v) is 1.16. The van der Waals surface area contributed by atoms with Gasteiger partial charge in [0.2, 0.25) is 0 Å². The number of hydrogen-bond donors (Lipinski definition) is 1. The highest BCUT2D eigenvalue weighted by molar-refractivity contribution is 6.29. The second kappa shape index (κ2) is 3.60. The van der Waals surface area contributed by atoms with Gasteiger partial charge in [-0.15, -0.1) is 6.58 Å². The molecular weight excluding hydrogens is 162 g/mol. The van der Waals surface area contributed by atoms with Crippen LogP contribution in [0.25, 0.3) is 0 Å². The average Bonchev–Trinajstić information content (AvgIpc) is 2.40. The largest absolute Gasteiger partial charge is 0.453 e. The second-order valence-corrected chi connectivity index (χ2v) is 2.49. The maximum absolute atomic E-state index is 5.74. The molecule has 0 radical (unpaired) electrons. The third-order valence-electron chi connectivity index (χ3n) is 1.53. The lowest BCUT2D eigenvalue weighted by molar-refractivity contribution is 0.561. The lowest BCUT2D eigenvalue weighted by Crippen LogP contribution is -2.12. The molecule has 0 saturated carbocycles. The van der Waals surface area contributed by atoms with Crippen molar-refractivity contribution in [3.8, 4) is 0 Å². The molecular formula is C8H10ClNO. The first-order valence-corrected chi connectivity index (χ1v) is 3.70. The Morgan fingerprint density at radius 3 is 2.91 bits per heavy atom. The molecule has 11 heavy (non-hydrogen) atoms. The number of halogens is 1. The van der Waals surface area contributed by atoms with Gasteiger partial charge in [-0.05, 0) is 24.7 Å². The first-order valence-electron chi connectivity index (χ1n) is 3.32. The molecule has 1 rings (SSSR count). The van der Waals surface area contributed by atoms with Crippen LogP contribution < -0.4 is 5.32 Å². The summed E-state index contributed by atoms with van der Waals surface area (Å²) in [6.07, 6.45) is 3.34. The first-order chi connectivity index (χ1) is 5.29. The van der Waals surface area contributed by atoms with Crippen LogP contribution in [0.4, 0.5) is 0 Å². The van der Waals surface area contributed by atoms with E-state index in [4.69, 9.17) is 16.0 Å². The molecule has 1 atom stereocenters. The van der Waals surface area contributed by atoms with Gasteiger partial charge in [0, 0.05) is 5.56 Å². The van der Waals surface area contributed by atoms with Gasteiger partial charge >= 0.3 is 0 Å². The predicted molar refractivity (Wildman–Crippen MR) is 45.7 cm³/mol. The molecule has 1 aromatic rings. The van der Waals surface area contributed by atoms with Gasteiger partial charge in [0.15, 0.2) is 5.22 Å². The van der Waals surface area contributed by atoms with Crippen molar-refractivity contribution >= 4 is 11.6 Å². The standard InChI is InChI=1S/C8H10ClNO/c1-3-7(10-2)6-4-5-11-8(6)9/h3-5,7,10H,1H2,2H3. The molecule has 60 valence electrons. The van der Waals surface area contributed by atoms with Gasteiger partial charge in [0.25, 0.3) is 0 Å². The van der Waals surface area contributed by atoms with E-state index in [-0.39, 0.29) is 6.04 Å². The highest BCUT2D eigenvalue weighted by Crippen LogP contribution is 2.23. The van der Waals surface area contributed by atoms with Crippen molar-refractivity contribution in [1.82, 2.24) is 5.32 Å². The van der Waals surface area contributed by atoms with Crippen LogP contribution in [-0.2, 0) is 0 Å². The Morgan fingerprint density at radius 2 is 2.55 bits per heavy atom. The molecule has 0 aromatic carbocycles. The van der Waals surface area contributed by atoms with Crippen molar-refractivity contribution in [2.24, 2.45) is 0 Å². The number of furan rings is 1. The van der Waals surface area contributed by atoms with Crippen LogP contribution in [0.3, 0.4) is 0 Å². The van der Waals surface area contributed by atoms with E-state index >= 15 is 0 Å². The molecule has 1 aromatic heterocycles. The number of likely N-dealkylation sites (N-methyl/N-ethyl adjacent to an activating group) is 1. The molecule has 2 nitrogen and oxygen atoms in total. The van der Waals surface area contributed by atoms with E-state index in [1.165, 1.54) is 0 Å². The smallest absolute Gasteiger partial charge is 0.198 e. The van der Waals surface area contributed by atoms with E-state index < -0.39 is 0 Å². The van der Waals surface area contributed by atoms with Crippen LogP contribution >= 0.6 is 11.6 Å². The molecule has 0 saturated heterocycles. The van der Waals surface area contributed by atoms with Crippen LogP contribution in [0.5, 0.6) is 0 Å². The molecule has 0 aliphatic heterocycles. The van der Waals surface area contributed by atoms with Crippen LogP contribution in [0, 0.1) is 0 Å². The summed E-state index contributed by atoms with van der Waals surface area (Å²) in [5, 5.41) is 3.45. The van der Waals surface area contributed by atoms with Gasteiger partial charge in [-0.3, -0.25) is 0 Å². The first kappa shape index (κ1) is 8.37. The van der Waals surface area contributed by atoms with Crippen LogP contribution in [-0.4, -0.2) is 7.05 Å². The van der Waals surface area contributed by atoms with Crippen LogP contribution in [0.15, 0.2) is 29.4 Å². The summed E-state index contributed by atoms with van der Waals surface area (Å²) in [6, 6.07) is 1.90. The minimum atomic E-state index is 0.0706. The Morgan fingerprint density at radius 1 is 1.82 bits per heavy atom. The molecule has 1 heterocycles. The zero-order valence-electron chi connectivity index (χ0n) is 6.30. The summed E-state index contributed by atoms with van der Waals surface area (Å²) in [6.45, 7) is 3.67. The molecule has 3 heteroatoms. The summed E-state index contributed by atoms with van der Waals surface area (Å²) in [4.78, 5) is 0. The maximum Gasteiger partial charge on any atom is 0.198 e. The predicted octanol–water partition coefficient (Wildman–Crippen LogP) is 2.38. The molecule has 0 bridgehead atoms. The van der Waals surface area contributed by atoms with Crippen LogP contribution in [0.2, 0.25) is 5.22 Å². The Hall–Kier alpha value is -0.730. The van der Waals surface area contributed by atoms with E-state index in [1.807, 2.05) is 13.1 Å². The average molecular weight is 172 g/mol. The van der Waals surface area contributed by atoms with Crippen molar-refractivity contribution in [2.75, 3.05) is 7.05 Å². The Balaban J connectivity index is 2.89. The maximum atomic E-state index is 5.74. The summed E-state index contributed by atoms with van der Waals surface area (Å²) < 4.78 is 4.93. The van der Waals surface area contributed by atoms with E-state index in [0.29, 0.717) is 5.22 Å². The van der Waals surface area contributed by atoms with E-state index in [9.17, 15) is 0 Å². The van der Waals surface area contributed by atoms with Crippen molar-refractivity contribution in [3.63, 3.8) is 0 Å². The quantitative estimate of drug-likeness (QED) is 0.707. The summed E-state index contributed by atoms with van der Waals surface area (Å²) in [5.41, 5.74) is 0.921. The third kappa shape index (κ3) is 1.64. The number of nitrogens with one attached hydrogen (secondary N) is 1. The lowest BCUT2D eigenvalue weighted by Gasteiger charge is -2.07. The highest BCUT2D eigenvalue weighted by atomic mass is 35.5. The van der Waals surface area contributed by atoms with Crippen molar-refractivity contribution in [2.45, 2.75) is 6.04 Å². The topological polar surface area (TPSA) is 25.2 Å². The number of hydrogen-bond acceptors (Lipinski definition) is 2. The third-order valence-corrected chi connectivity index (χ3v) is 1.84. The van der Waals surface area contributed by atoms with Gasteiger partial charge in [0.05, 0.1) is 12.3 Å². The second-order valence-electron chi connectivity index (χ2n) is 2.15. The van der Waals surface area contributed by atoms with Gasteiger partial charge in [-0.25, -0.2) is 0 Å². The fraction of sp³-hybridized carbons (Fsp3) is 0.250. The van der Waals surface area contributed by atoms with E-state index in [0.717, 1.165) is 5.56 Å². The summed E-state index contributed by atoms with van der Waals surface area (Å²) >= 11 is 5.74. The van der Waals surface area contributed by atoms with Gasteiger partial charge in [-0.1, -0.05) is 6.08 Å². The van der Waals surface area contributed by atoms with Gasteiger partial charge in [0.1, 0.15) is 0 Å². The minimum Gasteiger partial charge on any atom is -0.453 e. The van der Waals surface area contributed by atoms with Crippen molar-refractivity contribution < 1.29 is 4.42 Å². The zero-order chi connectivity index (χ0) is 8.27. The van der Waals surface area contributed by atoms with Crippen LogP contribution in [0.1, 0.15) is 11.6 Å². The minimum absolute atomic E-state index is 0.0706. The van der Waals surface area contributed by atoms with Crippen molar-refractivity contribution in [1.29, 1.82) is 0 Å². The monoisotopic (exact) mass is 171 g/mol. The Kier molecular flexibility index (Phi) is 2.74. The van der Waals surface area contributed by atoms with Crippen molar-refractivity contribution in [3.05, 3.63) is 35.8 Å². The lowest BCUT2D eigenvalue weighted by atomic mass is 10.1. The normalized spacial score (nSPS) is 12.9. The Bertz CT molecular complexity index is 244. The highest BCUT2D eigenvalue weighted by Gasteiger charge is 2.10. The molecule has 0 fully saturated rings. The molecule has 1 unspecified atom stereocenters. The molecule has 0 aliphatic rings. The summed E-state index contributed by atoms with van der Waals surface area (Å²) in [5.74, 6) is 0. The molecule has 0 amide bonds. The molecule has 0 aliphatic carbocycles. The summed E-state index contributed by atoms with van der Waals surface area (Å²) in [7, 11) is 1.84.